The van der Waals surface area contributed by atoms with Crippen LogP contribution in [0, 0.1) is 5.92 Å². The monoisotopic (exact) mass is 378 g/mol. The summed E-state index contributed by atoms with van der Waals surface area (Å²) >= 11 is 0. The Kier molecular flexibility index (Phi) is 11.0. The number of nitrogens with one attached hydrogen (secondary N) is 2. The summed E-state index contributed by atoms with van der Waals surface area (Å²) in [6, 6.07) is 0. The molecule has 1 aliphatic heterocycles. The van der Waals surface area contributed by atoms with Gasteiger partial charge in [0.1, 0.15) is 0 Å². The summed E-state index contributed by atoms with van der Waals surface area (Å²) in [5.74, 6) is 1.25. The van der Waals surface area contributed by atoms with Gasteiger partial charge in [0, 0.05) is 46.4 Å². The summed E-state index contributed by atoms with van der Waals surface area (Å²) in [5.41, 5.74) is 0. The van der Waals surface area contributed by atoms with E-state index in [1.165, 1.54) is 6.26 Å². The van der Waals surface area contributed by atoms with Crippen LogP contribution < -0.4 is 10.6 Å². The van der Waals surface area contributed by atoms with Gasteiger partial charge in [-0.05, 0) is 32.1 Å². The number of rotatable bonds is 11. The molecule has 0 atom stereocenters. The van der Waals surface area contributed by atoms with Crippen LogP contribution in [0.1, 0.15) is 26.2 Å². The van der Waals surface area contributed by atoms with Gasteiger partial charge in [-0.2, -0.15) is 0 Å². The summed E-state index contributed by atoms with van der Waals surface area (Å²) < 4.78 is 35.0. The van der Waals surface area contributed by atoms with Crippen LogP contribution in [0.3, 0.4) is 0 Å². The van der Waals surface area contributed by atoms with Crippen LogP contribution in [-0.4, -0.2) is 84.6 Å². The predicted molar refractivity (Wildman–Crippen MR) is 100 cm³/mol. The first-order valence-corrected chi connectivity index (χ1v) is 10.9. The number of sulfonamides is 1. The van der Waals surface area contributed by atoms with Crippen LogP contribution in [0.5, 0.6) is 0 Å². The van der Waals surface area contributed by atoms with E-state index in [0.29, 0.717) is 38.8 Å². The van der Waals surface area contributed by atoms with Crippen molar-refractivity contribution in [2.45, 2.75) is 26.2 Å². The van der Waals surface area contributed by atoms with E-state index >= 15 is 0 Å². The van der Waals surface area contributed by atoms with Crippen molar-refractivity contribution >= 4 is 16.0 Å². The second-order valence-corrected chi connectivity index (χ2v) is 8.19. The molecule has 1 heterocycles. The minimum atomic E-state index is -3.06. The molecule has 148 valence electrons. The summed E-state index contributed by atoms with van der Waals surface area (Å²) in [7, 11) is -1.40. The molecular formula is C16H34N4O4S. The molecule has 0 aromatic rings. The highest BCUT2D eigenvalue weighted by molar-refractivity contribution is 7.88. The molecule has 0 aromatic carbocycles. The minimum Gasteiger partial charge on any atom is -0.382 e. The summed E-state index contributed by atoms with van der Waals surface area (Å²) in [6.07, 6.45) is 3.91. The van der Waals surface area contributed by atoms with Crippen LogP contribution in [0.4, 0.5) is 0 Å². The van der Waals surface area contributed by atoms with E-state index in [9.17, 15) is 8.42 Å². The largest absolute Gasteiger partial charge is 0.382 e. The normalized spacial score (nSPS) is 17.6. The number of piperidine rings is 1. The SMILES string of the molecule is CCNC(=NCC1CCN(S(C)(=O)=O)CC1)NCCCOCCOC. The summed E-state index contributed by atoms with van der Waals surface area (Å²) in [5, 5.41) is 6.54. The van der Waals surface area contributed by atoms with Crippen molar-refractivity contribution in [1.29, 1.82) is 0 Å². The lowest BCUT2D eigenvalue weighted by molar-refractivity contribution is 0.0698. The zero-order chi connectivity index (χ0) is 18.5. The molecule has 0 bridgehead atoms. The first kappa shape index (κ1) is 22.1. The van der Waals surface area contributed by atoms with Crippen molar-refractivity contribution in [3.8, 4) is 0 Å². The van der Waals surface area contributed by atoms with Gasteiger partial charge in [-0.1, -0.05) is 0 Å². The van der Waals surface area contributed by atoms with Crippen molar-refractivity contribution < 1.29 is 17.9 Å². The first-order valence-electron chi connectivity index (χ1n) is 9.01. The Morgan fingerprint density at radius 1 is 1.20 bits per heavy atom. The fraction of sp³-hybridized carbons (Fsp3) is 0.938. The Labute approximate surface area is 152 Å². The maximum Gasteiger partial charge on any atom is 0.211 e. The number of hydrogen-bond donors (Lipinski definition) is 2. The van der Waals surface area contributed by atoms with Crippen molar-refractivity contribution in [1.82, 2.24) is 14.9 Å². The quantitative estimate of drug-likeness (QED) is 0.305. The zero-order valence-electron chi connectivity index (χ0n) is 15.8. The van der Waals surface area contributed by atoms with Crippen LogP contribution in [0.25, 0.3) is 0 Å². The maximum absolute atomic E-state index is 11.5. The Morgan fingerprint density at radius 3 is 2.52 bits per heavy atom. The van der Waals surface area contributed by atoms with E-state index in [0.717, 1.165) is 44.9 Å². The molecule has 0 spiro atoms. The van der Waals surface area contributed by atoms with Gasteiger partial charge in [-0.25, -0.2) is 12.7 Å². The molecule has 1 rings (SSSR count). The van der Waals surface area contributed by atoms with E-state index < -0.39 is 10.0 Å². The fourth-order valence-electron chi connectivity index (χ4n) is 2.61. The molecule has 1 saturated heterocycles. The lowest BCUT2D eigenvalue weighted by Gasteiger charge is -2.29. The Bertz CT molecular complexity index is 477. The Balaban J connectivity index is 2.26. The molecule has 0 saturated carbocycles. The minimum absolute atomic E-state index is 0.436. The second-order valence-electron chi connectivity index (χ2n) is 6.21. The van der Waals surface area contributed by atoms with E-state index in [-0.39, 0.29) is 0 Å². The molecule has 1 fully saturated rings. The number of methoxy groups -OCH3 is 1. The van der Waals surface area contributed by atoms with Gasteiger partial charge in [0.2, 0.25) is 10.0 Å². The van der Waals surface area contributed by atoms with Gasteiger partial charge in [0.15, 0.2) is 5.96 Å². The average Bonchev–Trinajstić information content (AvgIpc) is 2.58. The second kappa shape index (κ2) is 12.5. The third-order valence-corrected chi connectivity index (χ3v) is 5.39. The number of nitrogens with zero attached hydrogens (tertiary/aromatic N) is 2. The molecule has 0 aromatic heterocycles. The van der Waals surface area contributed by atoms with Crippen molar-refractivity contribution in [2.24, 2.45) is 10.9 Å². The highest BCUT2D eigenvalue weighted by Gasteiger charge is 2.24. The van der Waals surface area contributed by atoms with Crippen molar-refractivity contribution in [2.75, 3.05) is 65.9 Å². The molecular weight excluding hydrogens is 344 g/mol. The lowest BCUT2D eigenvalue weighted by atomic mass is 9.98. The third-order valence-electron chi connectivity index (χ3n) is 4.08. The number of hydrogen-bond acceptors (Lipinski definition) is 5. The number of aliphatic imine (C=N–C) groups is 1. The molecule has 1 aliphatic rings. The lowest BCUT2D eigenvalue weighted by Crippen LogP contribution is -2.40. The standard InChI is InChI=1S/C16H34N4O4S/c1-4-17-16(18-8-5-11-24-13-12-23-2)19-14-15-6-9-20(10-7-15)25(3,21)22/h15H,4-14H2,1-3H3,(H2,17,18,19). The molecule has 8 nitrogen and oxygen atoms in total. The van der Waals surface area contributed by atoms with Crippen LogP contribution >= 0.6 is 0 Å². The van der Waals surface area contributed by atoms with Gasteiger partial charge in [-0.15, -0.1) is 0 Å². The third kappa shape index (κ3) is 9.98. The van der Waals surface area contributed by atoms with Gasteiger partial charge in [-0.3, -0.25) is 4.99 Å². The molecule has 9 heteroatoms. The van der Waals surface area contributed by atoms with Gasteiger partial charge >= 0.3 is 0 Å². The molecule has 0 unspecified atom stereocenters. The van der Waals surface area contributed by atoms with Gasteiger partial charge in [0.05, 0.1) is 19.5 Å². The Hall–Kier alpha value is -0.900. The zero-order valence-corrected chi connectivity index (χ0v) is 16.6. The van der Waals surface area contributed by atoms with E-state index in [4.69, 9.17) is 9.47 Å². The molecule has 2 N–H and O–H groups in total. The van der Waals surface area contributed by atoms with Crippen molar-refractivity contribution in [3.63, 3.8) is 0 Å². The maximum atomic E-state index is 11.5. The Morgan fingerprint density at radius 2 is 1.92 bits per heavy atom. The van der Waals surface area contributed by atoms with Gasteiger partial charge in [0.25, 0.3) is 0 Å². The van der Waals surface area contributed by atoms with E-state index in [1.807, 2.05) is 6.92 Å². The highest BCUT2D eigenvalue weighted by atomic mass is 32.2. The van der Waals surface area contributed by atoms with Crippen molar-refractivity contribution in [3.05, 3.63) is 0 Å². The van der Waals surface area contributed by atoms with E-state index in [1.54, 1.807) is 11.4 Å². The summed E-state index contributed by atoms with van der Waals surface area (Å²) in [4.78, 5) is 4.64. The molecule has 0 amide bonds. The average molecular weight is 379 g/mol. The number of guanidine groups is 1. The molecule has 0 radical (unpaired) electrons. The smallest absolute Gasteiger partial charge is 0.211 e. The summed E-state index contributed by atoms with van der Waals surface area (Å²) in [6.45, 7) is 7.50. The van der Waals surface area contributed by atoms with Crippen LogP contribution in [0.15, 0.2) is 4.99 Å². The van der Waals surface area contributed by atoms with Gasteiger partial charge < -0.3 is 20.1 Å². The first-order chi connectivity index (χ1) is 12.0. The van der Waals surface area contributed by atoms with E-state index in [2.05, 4.69) is 15.6 Å². The molecule has 0 aliphatic carbocycles. The fourth-order valence-corrected chi connectivity index (χ4v) is 3.49. The topological polar surface area (TPSA) is 92.3 Å². The predicted octanol–water partition coefficient (Wildman–Crippen LogP) is 0.266. The highest BCUT2D eigenvalue weighted by Crippen LogP contribution is 2.19. The molecule has 25 heavy (non-hydrogen) atoms. The number of ether oxygens (including phenoxy) is 2. The van der Waals surface area contributed by atoms with Crippen LogP contribution in [0.2, 0.25) is 0 Å². The van der Waals surface area contributed by atoms with Crippen LogP contribution in [-0.2, 0) is 19.5 Å².